The van der Waals surface area contributed by atoms with Crippen LogP contribution in [-0.2, 0) is 38.4 Å². The standard InChI is InChI=1S/C31H40N4O6S2/c1-17-11-21(36)12-18(2)22(17)13-23(32)26(37)33-24-16-42-9-10-43-30(3,4)25(28(39)40)34-29(41)31(35-27(24)38)14-19-7-5-6-8-20(19)15-31/h5-8,11-12,23-25,36H,9-10,13-16,32H2,1-4H3,(H,33,37)(H,34,41)(H,35,38)(H,39,40)/t23-,24+,25-/m0/s1. The number of carboxylic acids is 1. The van der Waals surface area contributed by atoms with Gasteiger partial charge in [-0.25, -0.2) is 4.79 Å². The summed E-state index contributed by atoms with van der Waals surface area (Å²) in [7, 11) is 0. The van der Waals surface area contributed by atoms with E-state index in [0.717, 1.165) is 27.8 Å². The van der Waals surface area contributed by atoms with Crippen LogP contribution in [0.3, 0.4) is 0 Å². The zero-order valence-corrected chi connectivity index (χ0v) is 26.5. The number of aromatic hydroxyl groups is 1. The summed E-state index contributed by atoms with van der Waals surface area (Å²) in [6.07, 6.45) is 0.593. The minimum Gasteiger partial charge on any atom is -0.508 e. The Bertz CT molecular complexity index is 1370. The Morgan fingerprint density at radius 2 is 1.70 bits per heavy atom. The molecule has 43 heavy (non-hydrogen) atoms. The number of carboxylic acid groups (broad SMARTS) is 1. The topological polar surface area (TPSA) is 171 Å². The second-order valence-corrected chi connectivity index (χ2v) is 14.8. The largest absolute Gasteiger partial charge is 0.508 e. The first-order valence-electron chi connectivity index (χ1n) is 14.2. The van der Waals surface area contributed by atoms with E-state index in [-0.39, 0.29) is 30.8 Å². The molecule has 1 fully saturated rings. The molecule has 1 heterocycles. The van der Waals surface area contributed by atoms with E-state index in [2.05, 4.69) is 16.0 Å². The van der Waals surface area contributed by atoms with Crippen LogP contribution in [0.4, 0.5) is 0 Å². The molecule has 1 spiro atoms. The van der Waals surface area contributed by atoms with Gasteiger partial charge in [0.05, 0.1) is 6.04 Å². The second kappa shape index (κ2) is 13.2. The third kappa shape index (κ3) is 7.47. The first-order chi connectivity index (χ1) is 20.2. The van der Waals surface area contributed by atoms with E-state index < -0.39 is 52.1 Å². The van der Waals surface area contributed by atoms with Gasteiger partial charge in [0.2, 0.25) is 17.7 Å². The van der Waals surface area contributed by atoms with Crippen LogP contribution in [0.25, 0.3) is 0 Å². The van der Waals surface area contributed by atoms with Crippen molar-refractivity contribution in [1.82, 2.24) is 16.0 Å². The van der Waals surface area contributed by atoms with Crippen molar-refractivity contribution in [3.8, 4) is 5.75 Å². The smallest absolute Gasteiger partial charge is 0.327 e. The van der Waals surface area contributed by atoms with E-state index in [0.29, 0.717) is 11.5 Å². The van der Waals surface area contributed by atoms with E-state index in [1.54, 1.807) is 26.0 Å². The summed E-state index contributed by atoms with van der Waals surface area (Å²) in [5, 5.41) is 28.4. The molecule has 3 atom stereocenters. The first kappa shape index (κ1) is 32.7. The molecule has 2 aromatic rings. The van der Waals surface area contributed by atoms with Crippen molar-refractivity contribution in [2.45, 2.75) is 75.4 Å². The summed E-state index contributed by atoms with van der Waals surface area (Å²) in [6.45, 7) is 7.25. The molecule has 12 heteroatoms. The number of benzene rings is 2. The Labute approximate surface area is 260 Å². The van der Waals surface area contributed by atoms with Crippen LogP contribution in [0.5, 0.6) is 5.75 Å². The van der Waals surface area contributed by atoms with Gasteiger partial charge in [0, 0.05) is 34.8 Å². The number of hydrogen-bond acceptors (Lipinski definition) is 8. The molecule has 0 aromatic heterocycles. The lowest BCUT2D eigenvalue weighted by Gasteiger charge is -2.36. The zero-order chi connectivity index (χ0) is 31.5. The molecule has 0 radical (unpaired) electrons. The fourth-order valence-electron chi connectivity index (χ4n) is 5.76. The molecule has 0 saturated carbocycles. The Hall–Kier alpha value is -3.22. The molecule has 1 saturated heterocycles. The molecular formula is C31H40N4O6S2. The van der Waals surface area contributed by atoms with Gasteiger partial charge in [-0.2, -0.15) is 23.5 Å². The number of fused-ring (bicyclic) bond motifs is 1. The number of hydrogen-bond donors (Lipinski definition) is 6. The van der Waals surface area contributed by atoms with Gasteiger partial charge in [-0.1, -0.05) is 24.3 Å². The van der Waals surface area contributed by atoms with Gasteiger partial charge < -0.3 is 31.9 Å². The number of rotatable bonds is 5. The summed E-state index contributed by atoms with van der Waals surface area (Å²) < 4.78 is -0.822. The van der Waals surface area contributed by atoms with Crippen molar-refractivity contribution >= 4 is 47.2 Å². The van der Waals surface area contributed by atoms with Crippen LogP contribution in [0, 0.1) is 13.8 Å². The van der Waals surface area contributed by atoms with Crippen LogP contribution >= 0.6 is 23.5 Å². The van der Waals surface area contributed by atoms with Crippen LogP contribution in [0.1, 0.15) is 41.7 Å². The summed E-state index contributed by atoms with van der Waals surface area (Å²) in [4.78, 5) is 53.5. The summed E-state index contributed by atoms with van der Waals surface area (Å²) in [5.41, 5.74) is 9.13. The number of nitrogens with one attached hydrogen (secondary N) is 3. The van der Waals surface area contributed by atoms with Gasteiger partial charge in [-0.15, -0.1) is 0 Å². The van der Waals surface area contributed by atoms with Crippen molar-refractivity contribution in [1.29, 1.82) is 0 Å². The molecule has 2 aliphatic rings. The number of aliphatic carboxylic acids is 1. The first-order valence-corrected chi connectivity index (χ1v) is 16.4. The van der Waals surface area contributed by atoms with Gasteiger partial charge in [-0.05, 0) is 74.1 Å². The highest BCUT2D eigenvalue weighted by Crippen LogP contribution is 2.34. The minimum atomic E-state index is -1.43. The molecule has 10 nitrogen and oxygen atoms in total. The highest BCUT2D eigenvalue weighted by Gasteiger charge is 2.49. The van der Waals surface area contributed by atoms with E-state index in [1.807, 2.05) is 38.1 Å². The van der Waals surface area contributed by atoms with Crippen molar-refractivity contribution < 1.29 is 29.4 Å². The highest BCUT2D eigenvalue weighted by molar-refractivity contribution is 8.03. The highest BCUT2D eigenvalue weighted by atomic mass is 32.2. The average molecular weight is 629 g/mol. The van der Waals surface area contributed by atoms with Crippen LogP contribution < -0.4 is 21.7 Å². The lowest BCUT2D eigenvalue weighted by Crippen LogP contribution is -2.66. The molecule has 1 aliphatic heterocycles. The third-order valence-electron chi connectivity index (χ3n) is 8.18. The summed E-state index contributed by atoms with van der Waals surface area (Å²) in [6, 6.07) is 7.61. The number of amides is 3. The normalized spacial score (nSPS) is 22.6. The van der Waals surface area contributed by atoms with E-state index in [9.17, 15) is 29.4 Å². The van der Waals surface area contributed by atoms with Gasteiger partial charge in [0.15, 0.2) is 0 Å². The predicted octanol–water partition coefficient (Wildman–Crippen LogP) is 1.85. The Kier molecular flexibility index (Phi) is 10.0. The molecule has 0 bridgehead atoms. The van der Waals surface area contributed by atoms with Crippen molar-refractivity contribution in [3.05, 3.63) is 64.2 Å². The number of phenols is 1. The molecule has 7 N–H and O–H groups in total. The van der Waals surface area contributed by atoms with Gasteiger partial charge in [-0.3, -0.25) is 14.4 Å². The van der Waals surface area contributed by atoms with Crippen LogP contribution in [0.15, 0.2) is 36.4 Å². The molecule has 2 aromatic carbocycles. The maximum absolute atomic E-state index is 14.0. The fraction of sp³-hybridized carbons (Fsp3) is 0.484. The van der Waals surface area contributed by atoms with Crippen molar-refractivity contribution in [3.63, 3.8) is 0 Å². The van der Waals surface area contributed by atoms with Crippen LogP contribution in [0.2, 0.25) is 0 Å². The number of thioether (sulfide) groups is 2. The molecule has 232 valence electrons. The van der Waals surface area contributed by atoms with E-state index >= 15 is 0 Å². The number of carbonyl (C=O) groups excluding carboxylic acids is 3. The number of carbonyl (C=O) groups is 4. The monoisotopic (exact) mass is 628 g/mol. The fourth-order valence-corrected chi connectivity index (χ4v) is 8.06. The van der Waals surface area contributed by atoms with Crippen molar-refractivity contribution in [2.24, 2.45) is 5.73 Å². The third-order valence-corrected chi connectivity index (χ3v) is 10.9. The Morgan fingerprint density at radius 1 is 1.09 bits per heavy atom. The zero-order valence-electron chi connectivity index (χ0n) is 24.9. The lowest BCUT2D eigenvalue weighted by molar-refractivity contribution is -0.144. The number of aryl methyl sites for hydroxylation is 2. The molecular weight excluding hydrogens is 588 g/mol. The number of nitrogens with two attached hydrogens (primary N) is 1. The Balaban J connectivity index is 1.60. The quantitative estimate of drug-likeness (QED) is 0.289. The van der Waals surface area contributed by atoms with E-state index in [4.69, 9.17) is 5.73 Å². The predicted molar refractivity (Wildman–Crippen MR) is 169 cm³/mol. The molecule has 0 unspecified atom stereocenters. The maximum Gasteiger partial charge on any atom is 0.327 e. The van der Waals surface area contributed by atoms with Crippen molar-refractivity contribution in [2.75, 3.05) is 17.3 Å². The average Bonchev–Trinajstić information content (AvgIpc) is 3.30. The van der Waals surface area contributed by atoms with Gasteiger partial charge >= 0.3 is 5.97 Å². The van der Waals surface area contributed by atoms with Gasteiger partial charge in [0.1, 0.15) is 23.4 Å². The Morgan fingerprint density at radius 3 is 2.28 bits per heavy atom. The summed E-state index contributed by atoms with van der Waals surface area (Å²) in [5.74, 6) is -1.21. The summed E-state index contributed by atoms with van der Waals surface area (Å²) >= 11 is 2.90. The lowest BCUT2D eigenvalue weighted by atomic mass is 9.92. The van der Waals surface area contributed by atoms with Gasteiger partial charge in [0.25, 0.3) is 0 Å². The number of phenolic OH excluding ortho intramolecular Hbond substituents is 1. The minimum absolute atomic E-state index is 0.137. The molecule has 1 aliphatic carbocycles. The molecule has 4 rings (SSSR count). The van der Waals surface area contributed by atoms with Crippen LogP contribution in [-0.4, -0.2) is 79.6 Å². The molecule has 3 amide bonds. The van der Waals surface area contributed by atoms with E-state index in [1.165, 1.54) is 23.5 Å². The second-order valence-electron chi connectivity index (χ2n) is 11.9. The SMILES string of the molecule is Cc1cc(O)cc(C)c1C[C@H](N)C(=O)N[C@@H]1CSCCSC(C)(C)[C@H](C(=O)O)NC(=O)C2(Cc3ccccc3C2)NC1=O. The maximum atomic E-state index is 14.0.